The van der Waals surface area contributed by atoms with Gasteiger partial charge in [-0.25, -0.2) is 8.42 Å². The second kappa shape index (κ2) is 9.46. The number of hydrogen-bond donors (Lipinski definition) is 1. The Balaban J connectivity index is 1.61. The number of thioether (sulfide) groups is 1. The van der Waals surface area contributed by atoms with Gasteiger partial charge in [-0.1, -0.05) is 18.2 Å². The van der Waals surface area contributed by atoms with Crippen LogP contribution in [0.5, 0.6) is 0 Å². The Kier molecular flexibility index (Phi) is 7.20. The van der Waals surface area contributed by atoms with E-state index in [0.29, 0.717) is 31.1 Å². The third-order valence-electron chi connectivity index (χ3n) is 5.34. The van der Waals surface area contributed by atoms with Crippen molar-refractivity contribution in [2.75, 3.05) is 18.1 Å². The molecule has 29 heavy (non-hydrogen) atoms. The first kappa shape index (κ1) is 22.1. The number of amides is 2. The topological polar surface area (TPSA) is 114 Å². The van der Waals surface area contributed by atoms with Gasteiger partial charge in [0.05, 0.1) is 23.3 Å². The summed E-state index contributed by atoms with van der Waals surface area (Å²) in [6.07, 6.45) is 4.05. The lowest BCUT2D eigenvalue weighted by molar-refractivity contribution is -0.131. The lowest BCUT2D eigenvalue weighted by atomic mass is 10.2. The molecule has 2 saturated heterocycles. The fraction of sp³-hybridized carbons (Fsp3) is 0.778. The monoisotopic (exact) mass is 443 g/mol. The minimum atomic E-state index is -3.03. The smallest absolute Gasteiger partial charge is 0.233 e. The first-order valence-corrected chi connectivity index (χ1v) is 12.9. The summed E-state index contributed by atoms with van der Waals surface area (Å²) in [5.74, 6) is 0.811. The lowest BCUT2D eigenvalue weighted by Gasteiger charge is -2.20. The molecule has 2 unspecified atom stereocenters. The molecule has 2 fully saturated rings. The Bertz CT molecular complexity index is 854. The Morgan fingerprint density at radius 1 is 1.31 bits per heavy atom. The lowest BCUT2D eigenvalue weighted by Crippen LogP contribution is -2.40. The van der Waals surface area contributed by atoms with Gasteiger partial charge in [0.1, 0.15) is 0 Å². The van der Waals surface area contributed by atoms with Crippen LogP contribution in [-0.4, -0.2) is 69.2 Å². The third kappa shape index (κ3) is 5.71. The number of aromatic nitrogens is 3. The molecule has 0 saturated carbocycles. The van der Waals surface area contributed by atoms with Crippen molar-refractivity contribution < 1.29 is 18.0 Å². The van der Waals surface area contributed by atoms with Crippen LogP contribution >= 0.6 is 11.8 Å². The highest BCUT2D eigenvalue weighted by molar-refractivity contribution is 8.00. The average Bonchev–Trinajstić information content (AvgIpc) is 3.14. The van der Waals surface area contributed by atoms with Crippen molar-refractivity contribution in [3.05, 3.63) is 5.82 Å². The summed E-state index contributed by atoms with van der Waals surface area (Å²) in [4.78, 5) is 26.6. The Labute approximate surface area is 175 Å². The van der Waals surface area contributed by atoms with Gasteiger partial charge in [-0.05, 0) is 33.1 Å². The molecule has 1 aromatic heterocycles. The van der Waals surface area contributed by atoms with Crippen LogP contribution in [0.25, 0.3) is 0 Å². The standard InChI is InChI=1S/C18H29N5O4S2/c1-3-23-15(11-22-9-6-4-5-7-16(22)24)20-21-18(23)28-13(2)17(25)19-14-8-10-29(26,27)12-14/h13-14H,3-12H2,1-2H3,(H,19,25). The second-order valence-electron chi connectivity index (χ2n) is 7.64. The number of rotatable bonds is 7. The molecule has 1 N–H and O–H groups in total. The summed E-state index contributed by atoms with van der Waals surface area (Å²) in [6, 6.07) is -0.316. The number of likely N-dealkylation sites (tertiary alicyclic amines) is 1. The third-order valence-corrected chi connectivity index (χ3v) is 8.19. The van der Waals surface area contributed by atoms with Crippen molar-refractivity contribution >= 4 is 33.4 Å². The van der Waals surface area contributed by atoms with Gasteiger partial charge < -0.3 is 14.8 Å². The van der Waals surface area contributed by atoms with Crippen LogP contribution in [-0.2, 0) is 32.5 Å². The van der Waals surface area contributed by atoms with Gasteiger partial charge in [0.25, 0.3) is 0 Å². The van der Waals surface area contributed by atoms with E-state index >= 15 is 0 Å². The van der Waals surface area contributed by atoms with Crippen LogP contribution in [0.15, 0.2) is 5.16 Å². The fourth-order valence-electron chi connectivity index (χ4n) is 3.66. The van der Waals surface area contributed by atoms with Gasteiger partial charge in [-0.15, -0.1) is 10.2 Å². The number of carbonyl (C=O) groups is 2. The van der Waals surface area contributed by atoms with Gasteiger partial charge in [0.2, 0.25) is 11.8 Å². The van der Waals surface area contributed by atoms with Gasteiger partial charge in [0.15, 0.2) is 20.8 Å². The van der Waals surface area contributed by atoms with Crippen molar-refractivity contribution in [3.63, 3.8) is 0 Å². The first-order chi connectivity index (χ1) is 13.8. The second-order valence-corrected chi connectivity index (χ2v) is 11.2. The van der Waals surface area contributed by atoms with Crippen LogP contribution in [0.3, 0.4) is 0 Å². The molecular formula is C18H29N5O4S2. The molecule has 3 heterocycles. The summed E-state index contributed by atoms with van der Waals surface area (Å²) in [5, 5.41) is 11.5. The predicted octanol–water partition coefficient (Wildman–Crippen LogP) is 0.985. The Hall–Kier alpha value is -1.62. The average molecular weight is 444 g/mol. The van der Waals surface area contributed by atoms with E-state index in [1.54, 1.807) is 6.92 Å². The fourth-order valence-corrected chi connectivity index (χ4v) is 6.27. The summed E-state index contributed by atoms with van der Waals surface area (Å²) in [7, 11) is -3.03. The zero-order valence-electron chi connectivity index (χ0n) is 17.0. The molecule has 0 radical (unpaired) electrons. The molecule has 2 atom stereocenters. The van der Waals surface area contributed by atoms with Crippen molar-refractivity contribution in [2.45, 2.75) is 75.5 Å². The van der Waals surface area contributed by atoms with Crippen LogP contribution in [0, 0.1) is 0 Å². The maximum Gasteiger partial charge on any atom is 0.233 e. The van der Waals surface area contributed by atoms with E-state index in [-0.39, 0.29) is 29.4 Å². The highest BCUT2D eigenvalue weighted by atomic mass is 32.2. The molecule has 0 bridgehead atoms. The minimum absolute atomic E-state index is 0.00921. The van der Waals surface area contributed by atoms with E-state index in [2.05, 4.69) is 15.5 Å². The maximum atomic E-state index is 12.5. The number of nitrogens with one attached hydrogen (secondary N) is 1. The molecule has 3 rings (SSSR count). The van der Waals surface area contributed by atoms with E-state index in [4.69, 9.17) is 0 Å². The zero-order chi connectivity index (χ0) is 21.0. The van der Waals surface area contributed by atoms with Crippen molar-refractivity contribution in [1.82, 2.24) is 25.0 Å². The predicted molar refractivity (Wildman–Crippen MR) is 110 cm³/mol. The summed E-state index contributed by atoms with van der Waals surface area (Å²) in [5.41, 5.74) is 0. The number of nitrogens with zero attached hydrogens (tertiary/aromatic N) is 4. The molecule has 0 aliphatic carbocycles. The SMILES string of the molecule is CCn1c(CN2CCCCCC2=O)nnc1SC(C)C(=O)NC1CCS(=O)(=O)C1. The van der Waals surface area contributed by atoms with E-state index < -0.39 is 15.1 Å². The van der Waals surface area contributed by atoms with E-state index in [9.17, 15) is 18.0 Å². The molecule has 0 aromatic carbocycles. The maximum absolute atomic E-state index is 12.5. The van der Waals surface area contributed by atoms with E-state index in [1.165, 1.54) is 11.8 Å². The quantitative estimate of drug-likeness (QED) is 0.625. The number of sulfone groups is 1. The van der Waals surface area contributed by atoms with Crippen LogP contribution in [0.2, 0.25) is 0 Å². The molecule has 1 aromatic rings. The Morgan fingerprint density at radius 3 is 2.79 bits per heavy atom. The molecule has 162 valence electrons. The van der Waals surface area contributed by atoms with Crippen LogP contribution in [0.4, 0.5) is 0 Å². The first-order valence-electron chi connectivity index (χ1n) is 10.2. The van der Waals surface area contributed by atoms with Gasteiger partial charge >= 0.3 is 0 Å². The van der Waals surface area contributed by atoms with Crippen molar-refractivity contribution in [2.24, 2.45) is 0 Å². The van der Waals surface area contributed by atoms with Gasteiger partial charge in [-0.3, -0.25) is 9.59 Å². The van der Waals surface area contributed by atoms with Gasteiger partial charge in [0, 0.05) is 25.6 Å². The largest absolute Gasteiger partial charge is 0.351 e. The van der Waals surface area contributed by atoms with Crippen LogP contribution < -0.4 is 5.32 Å². The molecule has 2 amide bonds. The number of carbonyl (C=O) groups excluding carboxylic acids is 2. The van der Waals surface area contributed by atoms with Crippen LogP contribution in [0.1, 0.15) is 51.8 Å². The van der Waals surface area contributed by atoms with Crippen molar-refractivity contribution in [3.8, 4) is 0 Å². The molecule has 2 aliphatic heterocycles. The number of hydrogen-bond acceptors (Lipinski definition) is 7. The molecule has 11 heteroatoms. The zero-order valence-corrected chi connectivity index (χ0v) is 18.6. The molecule has 2 aliphatic rings. The highest BCUT2D eigenvalue weighted by Gasteiger charge is 2.30. The normalized spacial score (nSPS) is 23.0. The van der Waals surface area contributed by atoms with E-state index in [1.807, 2.05) is 16.4 Å². The van der Waals surface area contributed by atoms with E-state index in [0.717, 1.165) is 31.6 Å². The highest BCUT2D eigenvalue weighted by Crippen LogP contribution is 2.24. The minimum Gasteiger partial charge on any atom is -0.351 e. The summed E-state index contributed by atoms with van der Waals surface area (Å²) < 4.78 is 25.1. The summed E-state index contributed by atoms with van der Waals surface area (Å²) in [6.45, 7) is 5.56. The molecular weight excluding hydrogens is 414 g/mol. The molecule has 0 spiro atoms. The van der Waals surface area contributed by atoms with Crippen molar-refractivity contribution in [1.29, 1.82) is 0 Å². The van der Waals surface area contributed by atoms with Gasteiger partial charge in [-0.2, -0.15) is 0 Å². The Morgan fingerprint density at radius 2 is 2.10 bits per heavy atom. The molecule has 9 nitrogen and oxygen atoms in total. The summed E-state index contributed by atoms with van der Waals surface area (Å²) >= 11 is 1.30.